The maximum absolute atomic E-state index is 13.0. The maximum Gasteiger partial charge on any atom is 0.123 e. The highest BCUT2D eigenvalue weighted by Crippen LogP contribution is 2.35. The van der Waals surface area contributed by atoms with Crippen molar-refractivity contribution in [2.24, 2.45) is 0 Å². The van der Waals surface area contributed by atoms with Crippen LogP contribution in [0.2, 0.25) is 0 Å². The summed E-state index contributed by atoms with van der Waals surface area (Å²) in [5, 5.41) is 10.3. The molecule has 2 nitrogen and oxygen atoms in total. The highest BCUT2D eigenvalue weighted by atomic mass is 32.2. The van der Waals surface area contributed by atoms with Crippen molar-refractivity contribution in [2.45, 2.75) is 5.25 Å². The fraction of sp³-hybridized carbons (Fsp3) is 0.133. The molecule has 0 aliphatic rings. The molecule has 0 heterocycles. The molecule has 2 aromatic rings. The maximum atomic E-state index is 13.0. The smallest absolute Gasteiger partial charge is 0.123 e. The third-order valence-electron chi connectivity index (χ3n) is 2.71. The van der Waals surface area contributed by atoms with E-state index in [-0.39, 0.29) is 22.6 Å². The van der Waals surface area contributed by atoms with Crippen LogP contribution in [0.3, 0.4) is 0 Å². The van der Waals surface area contributed by atoms with Crippen molar-refractivity contribution >= 4 is 17.7 Å². The molecule has 2 rings (SSSR count). The molecule has 0 spiro atoms. The Morgan fingerprint density at radius 3 is 1.70 bits per heavy atom. The summed E-state index contributed by atoms with van der Waals surface area (Å²) >= 11 is 1.14. The van der Waals surface area contributed by atoms with Gasteiger partial charge in [0.15, 0.2) is 0 Å². The van der Waals surface area contributed by atoms with E-state index in [1.165, 1.54) is 24.3 Å². The van der Waals surface area contributed by atoms with Crippen LogP contribution >= 0.6 is 11.8 Å². The molecule has 20 heavy (non-hydrogen) atoms. The van der Waals surface area contributed by atoms with E-state index in [1.54, 1.807) is 24.3 Å². The zero-order valence-electron chi connectivity index (χ0n) is 10.4. The summed E-state index contributed by atoms with van der Waals surface area (Å²) in [6.45, 7) is 0. The zero-order valence-corrected chi connectivity index (χ0v) is 11.2. The quantitative estimate of drug-likeness (QED) is 0.850. The van der Waals surface area contributed by atoms with Crippen LogP contribution in [0.5, 0.6) is 0 Å². The number of benzene rings is 2. The van der Waals surface area contributed by atoms with Crippen molar-refractivity contribution in [1.82, 2.24) is 0 Å². The van der Waals surface area contributed by atoms with E-state index in [0.717, 1.165) is 22.9 Å². The lowest BCUT2D eigenvalue weighted by molar-refractivity contribution is -0.301. The molecular formula is C15H11F2O2S-. The predicted octanol–water partition coefficient (Wildman–Crippen LogP) is 2.54. The molecule has 0 bridgehead atoms. The van der Waals surface area contributed by atoms with Crippen LogP contribution in [0.15, 0.2) is 48.5 Å². The molecule has 5 heteroatoms. The fourth-order valence-corrected chi connectivity index (χ4v) is 2.81. The Bertz CT molecular complexity index is 536. The van der Waals surface area contributed by atoms with Crippen LogP contribution in [0.4, 0.5) is 8.78 Å². The topological polar surface area (TPSA) is 40.1 Å². The number of hydrogen-bond donors (Lipinski definition) is 0. The van der Waals surface area contributed by atoms with E-state index in [4.69, 9.17) is 0 Å². The van der Waals surface area contributed by atoms with E-state index in [9.17, 15) is 18.7 Å². The van der Waals surface area contributed by atoms with Gasteiger partial charge in [-0.05, 0) is 35.4 Å². The van der Waals surface area contributed by atoms with E-state index in [2.05, 4.69) is 0 Å². The average Bonchev–Trinajstić information content (AvgIpc) is 2.42. The first kappa shape index (κ1) is 14.5. The Balaban J connectivity index is 2.30. The molecule has 0 fully saturated rings. The number of halogens is 2. The standard InChI is InChI=1S/C15H12F2O2S/c16-12-5-1-10(2-6-12)15(20-9-14(18)19)11-3-7-13(17)8-4-11/h1-8,15H,9H2,(H,18,19)/p-1. The zero-order chi connectivity index (χ0) is 14.5. The van der Waals surface area contributed by atoms with Crippen LogP contribution in [-0.2, 0) is 4.79 Å². The summed E-state index contributed by atoms with van der Waals surface area (Å²) < 4.78 is 25.9. The number of carboxylic acids is 1. The lowest BCUT2D eigenvalue weighted by Crippen LogP contribution is -2.25. The van der Waals surface area contributed by atoms with Crippen molar-refractivity contribution in [3.05, 3.63) is 71.3 Å². The molecule has 2 aromatic carbocycles. The first-order valence-corrected chi connectivity index (χ1v) is 6.93. The minimum Gasteiger partial charge on any atom is -0.549 e. The van der Waals surface area contributed by atoms with Gasteiger partial charge in [-0.15, -0.1) is 11.8 Å². The van der Waals surface area contributed by atoms with Crippen molar-refractivity contribution in [3.8, 4) is 0 Å². The van der Waals surface area contributed by atoms with Gasteiger partial charge in [0.2, 0.25) is 0 Å². The molecule has 0 atom stereocenters. The lowest BCUT2D eigenvalue weighted by atomic mass is 10.0. The van der Waals surface area contributed by atoms with Crippen molar-refractivity contribution in [2.75, 3.05) is 5.75 Å². The molecule has 0 aliphatic heterocycles. The van der Waals surface area contributed by atoms with Crippen molar-refractivity contribution < 1.29 is 18.7 Å². The number of carbonyl (C=O) groups is 1. The number of aliphatic carboxylic acids is 1. The fourth-order valence-electron chi connectivity index (χ4n) is 1.81. The number of carbonyl (C=O) groups excluding carboxylic acids is 1. The second-order valence-corrected chi connectivity index (χ2v) is 5.26. The Kier molecular flexibility index (Phi) is 4.74. The molecule has 0 saturated heterocycles. The Morgan fingerprint density at radius 1 is 0.950 bits per heavy atom. The molecule has 0 N–H and O–H groups in total. The first-order chi connectivity index (χ1) is 9.56. The highest BCUT2D eigenvalue weighted by Gasteiger charge is 2.15. The second kappa shape index (κ2) is 6.52. The Labute approximate surface area is 119 Å². The van der Waals surface area contributed by atoms with Gasteiger partial charge in [0.05, 0.1) is 11.2 Å². The van der Waals surface area contributed by atoms with E-state index >= 15 is 0 Å². The van der Waals surface area contributed by atoms with Crippen LogP contribution in [0, 0.1) is 11.6 Å². The van der Waals surface area contributed by atoms with Crippen LogP contribution in [-0.4, -0.2) is 11.7 Å². The molecule has 0 radical (unpaired) electrons. The molecule has 0 aromatic heterocycles. The van der Waals surface area contributed by atoms with Crippen LogP contribution in [0.1, 0.15) is 16.4 Å². The first-order valence-electron chi connectivity index (χ1n) is 5.88. The normalized spacial score (nSPS) is 10.8. The van der Waals surface area contributed by atoms with Gasteiger partial charge in [0, 0.05) is 5.75 Å². The largest absolute Gasteiger partial charge is 0.549 e. The minimum atomic E-state index is -1.18. The molecule has 104 valence electrons. The predicted molar refractivity (Wildman–Crippen MR) is 72.1 cm³/mol. The van der Waals surface area contributed by atoms with E-state index in [0.29, 0.717) is 0 Å². The Morgan fingerprint density at radius 2 is 1.35 bits per heavy atom. The summed E-state index contributed by atoms with van der Waals surface area (Å²) in [6, 6.07) is 11.6. The lowest BCUT2D eigenvalue weighted by Gasteiger charge is -2.18. The molecule has 0 unspecified atom stereocenters. The monoisotopic (exact) mass is 293 g/mol. The van der Waals surface area contributed by atoms with Gasteiger partial charge in [-0.1, -0.05) is 24.3 Å². The summed E-state index contributed by atoms with van der Waals surface area (Å²) in [5.74, 6) is -2.10. The van der Waals surface area contributed by atoms with Crippen LogP contribution in [0.25, 0.3) is 0 Å². The number of carboxylic acid groups (broad SMARTS) is 1. The molecule has 0 amide bonds. The number of rotatable bonds is 5. The van der Waals surface area contributed by atoms with Gasteiger partial charge >= 0.3 is 0 Å². The summed E-state index contributed by atoms with van der Waals surface area (Å²) in [4.78, 5) is 10.6. The van der Waals surface area contributed by atoms with Crippen LogP contribution < -0.4 is 5.11 Å². The van der Waals surface area contributed by atoms with Gasteiger partial charge in [0.25, 0.3) is 0 Å². The summed E-state index contributed by atoms with van der Waals surface area (Å²) in [5.41, 5.74) is 1.51. The van der Waals surface area contributed by atoms with Gasteiger partial charge < -0.3 is 9.90 Å². The second-order valence-electron chi connectivity index (χ2n) is 4.17. The molecule has 0 aliphatic carbocycles. The minimum absolute atomic E-state index is 0.195. The van der Waals surface area contributed by atoms with Gasteiger partial charge in [0.1, 0.15) is 11.6 Å². The van der Waals surface area contributed by atoms with E-state index < -0.39 is 5.97 Å². The van der Waals surface area contributed by atoms with Gasteiger partial charge in [-0.25, -0.2) is 8.78 Å². The van der Waals surface area contributed by atoms with Gasteiger partial charge in [-0.2, -0.15) is 0 Å². The van der Waals surface area contributed by atoms with Gasteiger partial charge in [-0.3, -0.25) is 0 Å². The third kappa shape index (κ3) is 3.81. The molecule has 0 saturated carbocycles. The van der Waals surface area contributed by atoms with E-state index in [1.807, 2.05) is 0 Å². The summed E-state index contributed by atoms with van der Waals surface area (Å²) in [7, 11) is 0. The SMILES string of the molecule is O=C([O-])CSC(c1ccc(F)cc1)c1ccc(F)cc1. The molecular weight excluding hydrogens is 282 g/mol. The number of thioether (sulfide) groups is 1. The summed E-state index contributed by atoms with van der Waals surface area (Å²) in [6.07, 6.45) is 0. The third-order valence-corrected chi connectivity index (χ3v) is 3.99. The van der Waals surface area contributed by atoms with Crippen molar-refractivity contribution in [1.29, 1.82) is 0 Å². The average molecular weight is 293 g/mol. The Hall–Kier alpha value is -1.88. The highest BCUT2D eigenvalue weighted by molar-refractivity contribution is 8.00. The number of hydrogen-bond acceptors (Lipinski definition) is 3. The van der Waals surface area contributed by atoms with Crippen molar-refractivity contribution in [3.63, 3.8) is 0 Å².